The number of aromatic carboxylic acids is 4. The zero-order chi connectivity index (χ0) is 71.8. The summed E-state index contributed by atoms with van der Waals surface area (Å²) in [4.78, 5) is 101. The molecule has 0 heterocycles. The van der Waals surface area contributed by atoms with Gasteiger partial charge in [0.2, 0.25) is 39.3 Å². The monoisotopic (exact) mass is 1410 g/mol. The van der Waals surface area contributed by atoms with Crippen molar-refractivity contribution in [3.8, 4) is 0 Å². The van der Waals surface area contributed by atoms with Gasteiger partial charge in [0, 0.05) is 47.9 Å². The number of aryl methyl sites for hydroxylation is 1. The number of benzene rings is 9. The maximum atomic E-state index is 15.9. The molecule has 9 rings (SSSR count). The summed E-state index contributed by atoms with van der Waals surface area (Å²) in [5, 5.41) is 40.0. The van der Waals surface area contributed by atoms with Gasteiger partial charge < -0.3 is 20.4 Å². The largest absolute Gasteiger partial charge is 0.478 e. The topological polar surface area (TPSA) is 354 Å². The van der Waals surface area contributed by atoms with Gasteiger partial charge in [0.05, 0.1) is 61.4 Å². The van der Waals surface area contributed by atoms with E-state index in [0.29, 0.717) is 30.7 Å². The standard InChI is InChI=1S/C71H53F3O20S4/c1-4-62(75)58-38-59(61(69(85)86)39-60(58)68(83)84)65(78)33-43-14-8-18-49(30-43)98(93,94)53-22-10-21-52(37-53)97(91,92)48-17-7-13-42(29-48)32-64(77)57-35-45(24-26-55(57)67(81)82)70(3,71(72,73)74)44-23-25-54(66(79)80)56(34-44)63(76)31-41-12-6-16-47(28-41)96(89,90)51-20-9-19-50(36-51)95(87,88)46-15-5-11-40(2)27-46/h5-30,34-39H,4,31-33H2,1-3H3,(H,79,80)(H,81,82)(H,83,84)(H,85,86). The molecular formula is C71H53F3O20S4. The average Bonchev–Trinajstić information content (AvgIpc) is 0.760. The van der Waals surface area contributed by atoms with Gasteiger partial charge in [-0.3, -0.25) is 19.2 Å². The normalized spacial score (nSPS) is 12.6. The molecule has 0 aromatic heterocycles. The lowest BCUT2D eigenvalue weighted by Crippen LogP contribution is -2.41. The van der Waals surface area contributed by atoms with Gasteiger partial charge in [-0.2, -0.15) is 13.2 Å². The lowest BCUT2D eigenvalue weighted by molar-refractivity contribution is -0.173. The molecule has 20 nitrogen and oxygen atoms in total. The highest BCUT2D eigenvalue weighted by Crippen LogP contribution is 2.47. The molecule has 0 saturated heterocycles. The molecule has 0 amide bonds. The van der Waals surface area contributed by atoms with E-state index in [4.69, 9.17) is 0 Å². The molecule has 0 aliphatic heterocycles. The molecular weight excluding hydrogens is 1360 g/mol. The number of alkyl halides is 3. The Morgan fingerprint density at radius 1 is 0.327 bits per heavy atom. The number of hydrogen-bond acceptors (Lipinski definition) is 16. The van der Waals surface area contributed by atoms with Gasteiger partial charge in [-0.05, 0) is 169 Å². The Morgan fingerprint density at radius 2 is 0.592 bits per heavy atom. The van der Waals surface area contributed by atoms with Gasteiger partial charge in [0.15, 0.2) is 23.1 Å². The third-order valence-electron chi connectivity index (χ3n) is 16.2. The molecule has 9 aromatic rings. The zero-order valence-electron chi connectivity index (χ0n) is 51.4. The minimum Gasteiger partial charge on any atom is -0.478 e. The smallest absolute Gasteiger partial charge is 0.402 e. The van der Waals surface area contributed by atoms with Crippen LogP contribution >= 0.6 is 0 Å². The molecule has 0 saturated carbocycles. The molecule has 98 heavy (non-hydrogen) atoms. The Balaban J connectivity index is 0.972. The van der Waals surface area contributed by atoms with Crippen LogP contribution in [0.25, 0.3) is 0 Å². The highest BCUT2D eigenvalue weighted by atomic mass is 32.2. The van der Waals surface area contributed by atoms with Crippen molar-refractivity contribution in [2.45, 2.75) is 97.2 Å². The summed E-state index contributed by atoms with van der Waals surface area (Å²) in [5.74, 6) is -10.7. The predicted octanol–water partition coefficient (Wildman–Crippen LogP) is 11.9. The number of sulfone groups is 4. The Hall–Kier alpha value is -10.9. The van der Waals surface area contributed by atoms with Crippen LogP contribution in [0.2, 0.25) is 0 Å². The van der Waals surface area contributed by atoms with E-state index in [9.17, 15) is 92.5 Å². The van der Waals surface area contributed by atoms with Crippen LogP contribution in [0.4, 0.5) is 13.2 Å². The number of halogens is 3. The molecule has 0 radical (unpaired) electrons. The van der Waals surface area contributed by atoms with Crippen LogP contribution in [-0.2, 0) is 64.0 Å². The second-order valence-electron chi connectivity index (χ2n) is 22.6. The molecule has 502 valence electrons. The number of carboxylic acid groups (broad SMARTS) is 4. The summed E-state index contributed by atoms with van der Waals surface area (Å²) < 4.78 is 160. The highest BCUT2D eigenvalue weighted by Gasteiger charge is 2.54. The van der Waals surface area contributed by atoms with E-state index >= 15 is 13.2 Å². The number of ketones is 4. The lowest BCUT2D eigenvalue weighted by Gasteiger charge is -2.34. The van der Waals surface area contributed by atoms with Crippen LogP contribution < -0.4 is 0 Å². The number of carbonyl (C=O) groups is 8. The predicted molar refractivity (Wildman–Crippen MR) is 344 cm³/mol. The lowest BCUT2D eigenvalue weighted by atomic mass is 9.73. The maximum Gasteiger partial charge on any atom is 0.402 e. The second-order valence-corrected chi connectivity index (χ2v) is 30.4. The summed E-state index contributed by atoms with van der Waals surface area (Å²) in [6.45, 7) is 3.72. The molecule has 27 heteroatoms. The molecule has 0 fully saturated rings. The highest BCUT2D eigenvalue weighted by molar-refractivity contribution is 7.93. The van der Waals surface area contributed by atoms with E-state index in [1.807, 2.05) is 0 Å². The van der Waals surface area contributed by atoms with Gasteiger partial charge in [0.1, 0.15) is 5.41 Å². The van der Waals surface area contributed by atoms with Crippen LogP contribution in [0.5, 0.6) is 0 Å². The van der Waals surface area contributed by atoms with Crippen LogP contribution in [0, 0.1) is 6.92 Å². The Bertz CT molecular complexity index is 5370. The van der Waals surface area contributed by atoms with E-state index in [2.05, 4.69) is 0 Å². The molecule has 4 N–H and O–H groups in total. The molecule has 9 aromatic carbocycles. The first kappa shape index (κ1) is 71.4. The van der Waals surface area contributed by atoms with E-state index in [1.165, 1.54) is 73.7 Å². The first-order valence-corrected chi connectivity index (χ1v) is 35.0. The van der Waals surface area contributed by atoms with Crippen LogP contribution in [-0.4, -0.2) is 107 Å². The van der Waals surface area contributed by atoms with Crippen molar-refractivity contribution in [2.75, 3.05) is 0 Å². The Labute approximate surface area is 558 Å². The van der Waals surface area contributed by atoms with Crippen molar-refractivity contribution in [1.82, 2.24) is 0 Å². The third-order valence-corrected chi connectivity index (χ3v) is 23.2. The second kappa shape index (κ2) is 27.3. The minimum atomic E-state index is -5.37. The third kappa shape index (κ3) is 14.2. The van der Waals surface area contributed by atoms with E-state index in [0.717, 1.165) is 103 Å². The summed E-state index contributed by atoms with van der Waals surface area (Å²) >= 11 is 0. The fourth-order valence-electron chi connectivity index (χ4n) is 10.9. The number of carboxylic acids is 4. The van der Waals surface area contributed by atoms with Gasteiger partial charge >= 0.3 is 30.1 Å². The SMILES string of the molecule is CCC(=O)c1cc(C(=O)Cc2cccc(S(=O)(=O)c3cccc(S(=O)(=O)c4cccc(CC(=O)c5cc(C(C)(c6ccc(C(=O)O)c(C(=O)Cc7cccc(S(=O)(=O)c8cccc(S(=O)(=O)c9cccc(C)c9)c8)c7)c6)C(F)(F)F)ccc5C(=O)O)c4)c3)c2)c(C(=O)O)cc1C(=O)O. The number of carbonyl (C=O) groups excluding carboxylic acids is 4. The minimum absolute atomic E-state index is 0.00926. The van der Waals surface area contributed by atoms with E-state index in [-0.39, 0.29) is 32.9 Å². The molecule has 0 aliphatic rings. The molecule has 1 unspecified atom stereocenters. The van der Waals surface area contributed by atoms with Crippen LogP contribution in [0.3, 0.4) is 0 Å². The first-order chi connectivity index (χ1) is 45.9. The molecule has 1 atom stereocenters. The zero-order valence-corrected chi connectivity index (χ0v) is 54.7. The van der Waals surface area contributed by atoms with Crippen LogP contribution in [0.15, 0.2) is 233 Å². The maximum absolute atomic E-state index is 15.9. The van der Waals surface area contributed by atoms with E-state index < -0.39 is 202 Å². The molecule has 0 spiro atoms. The van der Waals surface area contributed by atoms with Gasteiger partial charge in [-0.1, -0.05) is 79.7 Å². The molecule has 0 bridgehead atoms. The fraction of sp³-hybridized carbons (Fsp3) is 0.127. The van der Waals surface area contributed by atoms with Crippen molar-refractivity contribution in [2.24, 2.45) is 0 Å². The number of hydrogen-bond donors (Lipinski definition) is 4. The van der Waals surface area contributed by atoms with Crippen molar-refractivity contribution in [3.05, 3.63) is 272 Å². The first-order valence-electron chi connectivity index (χ1n) is 29.1. The Kier molecular flexibility index (Phi) is 19.9. The van der Waals surface area contributed by atoms with Gasteiger partial charge in [-0.25, -0.2) is 52.8 Å². The van der Waals surface area contributed by atoms with Crippen molar-refractivity contribution in [3.63, 3.8) is 0 Å². The van der Waals surface area contributed by atoms with Crippen molar-refractivity contribution < 1.29 is 106 Å². The van der Waals surface area contributed by atoms with Crippen molar-refractivity contribution in [1.29, 1.82) is 0 Å². The van der Waals surface area contributed by atoms with Crippen LogP contribution in [0.1, 0.15) is 137 Å². The number of Topliss-reactive ketones (excluding diaryl/α,β-unsaturated/α-hetero) is 4. The summed E-state index contributed by atoms with van der Waals surface area (Å²) in [7, 11) is -18.1. The summed E-state index contributed by atoms with van der Waals surface area (Å²) in [6.07, 6.45) is -7.84. The number of rotatable bonds is 25. The van der Waals surface area contributed by atoms with Crippen molar-refractivity contribution >= 4 is 86.4 Å². The quantitative estimate of drug-likeness (QED) is 0.0386. The fourth-order valence-corrected chi connectivity index (χ4v) is 16.6. The summed E-state index contributed by atoms with van der Waals surface area (Å²) in [6, 6.07) is 34.3. The van der Waals surface area contributed by atoms with Gasteiger partial charge in [-0.15, -0.1) is 0 Å². The van der Waals surface area contributed by atoms with E-state index in [1.54, 1.807) is 13.0 Å². The van der Waals surface area contributed by atoms with Gasteiger partial charge in [0.25, 0.3) is 0 Å². The average molecular weight is 1410 g/mol. The molecule has 0 aliphatic carbocycles. The summed E-state index contributed by atoms with van der Waals surface area (Å²) in [5.41, 5.74) is -9.82. The Morgan fingerprint density at radius 3 is 0.888 bits per heavy atom.